The van der Waals surface area contributed by atoms with E-state index in [2.05, 4.69) is 5.32 Å². The van der Waals surface area contributed by atoms with Gasteiger partial charge in [0, 0.05) is 23.2 Å². The van der Waals surface area contributed by atoms with Crippen LogP contribution < -0.4 is 22.4 Å². The van der Waals surface area contributed by atoms with E-state index in [-0.39, 0.29) is 16.7 Å². The second-order valence-electron chi connectivity index (χ2n) is 5.57. The van der Waals surface area contributed by atoms with Crippen molar-refractivity contribution in [1.82, 2.24) is 0 Å². The summed E-state index contributed by atoms with van der Waals surface area (Å²) < 4.78 is 43.8. The zero-order valence-corrected chi connectivity index (χ0v) is 13.2. The summed E-state index contributed by atoms with van der Waals surface area (Å²) in [4.78, 5) is 23.4. The summed E-state index contributed by atoms with van der Waals surface area (Å²) in [6.45, 7) is 0.500. The van der Waals surface area contributed by atoms with Gasteiger partial charge in [0.2, 0.25) is 5.91 Å². The van der Waals surface area contributed by atoms with E-state index in [1.807, 2.05) is 0 Å². The largest absolute Gasteiger partial charge is 0.423 e. The molecule has 1 heterocycles. The molecule has 5 N–H and O–H groups in total. The van der Waals surface area contributed by atoms with Crippen LogP contribution in [0.25, 0.3) is 11.0 Å². The summed E-state index contributed by atoms with van der Waals surface area (Å²) in [6.07, 6.45) is -2.83. The number of alkyl halides is 3. The van der Waals surface area contributed by atoms with Crippen molar-refractivity contribution in [1.29, 1.82) is 0 Å². The van der Waals surface area contributed by atoms with E-state index in [0.29, 0.717) is 25.5 Å². The number of hydrogen-bond donors (Lipinski definition) is 3. The van der Waals surface area contributed by atoms with Crippen molar-refractivity contribution in [2.75, 3.05) is 11.9 Å². The lowest BCUT2D eigenvalue weighted by atomic mass is 10.1. The summed E-state index contributed by atoms with van der Waals surface area (Å²) in [7, 11) is 0. The van der Waals surface area contributed by atoms with Crippen LogP contribution in [0.5, 0.6) is 0 Å². The van der Waals surface area contributed by atoms with E-state index >= 15 is 0 Å². The van der Waals surface area contributed by atoms with Crippen LogP contribution in [0.1, 0.15) is 24.8 Å². The third kappa shape index (κ3) is 4.80. The first-order valence-corrected chi connectivity index (χ1v) is 7.64. The van der Waals surface area contributed by atoms with Gasteiger partial charge in [-0.15, -0.1) is 0 Å². The van der Waals surface area contributed by atoms with E-state index in [4.69, 9.17) is 15.9 Å². The summed E-state index contributed by atoms with van der Waals surface area (Å²) >= 11 is 0. The standard InChI is InChI=1S/C16H18F3N3O3/c17-16(18,19)11-8-14(23)25-13-7-9(4-5-10(11)13)22-15(24)12(21)3-1-2-6-20/h4-5,7-8,12H,1-3,6,20-21H2,(H,22,24)/t12-/m0/s1. The van der Waals surface area contributed by atoms with Gasteiger partial charge in [-0.2, -0.15) is 13.2 Å². The molecule has 0 unspecified atom stereocenters. The van der Waals surface area contributed by atoms with E-state index in [0.717, 1.165) is 18.6 Å². The van der Waals surface area contributed by atoms with E-state index in [9.17, 15) is 22.8 Å². The van der Waals surface area contributed by atoms with Crippen molar-refractivity contribution < 1.29 is 22.4 Å². The summed E-state index contributed by atoms with van der Waals surface area (Å²) in [6, 6.07) is 3.22. The highest BCUT2D eigenvalue weighted by Crippen LogP contribution is 2.34. The number of carbonyl (C=O) groups is 1. The number of nitrogens with two attached hydrogens (primary N) is 2. The lowest BCUT2D eigenvalue weighted by molar-refractivity contribution is -0.136. The van der Waals surface area contributed by atoms with Crippen LogP contribution >= 0.6 is 0 Å². The van der Waals surface area contributed by atoms with Crippen LogP contribution in [-0.4, -0.2) is 18.5 Å². The Morgan fingerprint density at radius 2 is 1.96 bits per heavy atom. The average molecular weight is 357 g/mol. The second-order valence-corrected chi connectivity index (χ2v) is 5.57. The predicted molar refractivity (Wildman–Crippen MR) is 87.0 cm³/mol. The summed E-state index contributed by atoms with van der Waals surface area (Å²) in [5.41, 5.74) is 8.82. The van der Waals surface area contributed by atoms with Gasteiger partial charge in [0.1, 0.15) is 5.58 Å². The number of rotatable bonds is 6. The highest BCUT2D eigenvalue weighted by Gasteiger charge is 2.33. The lowest BCUT2D eigenvalue weighted by Crippen LogP contribution is -2.35. The summed E-state index contributed by atoms with van der Waals surface area (Å²) in [5, 5.41) is 2.23. The molecule has 0 aliphatic carbocycles. The van der Waals surface area contributed by atoms with Crippen molar-refractivity contribution in [2.24, 2.45) is 11.5 Å². The van der Waals surface area contributed by atoms with Gasteiger partial charge in [0.05, 0.1) is 11.6 Å². The Bertz CT molecular complexity index is 818. The fourth-order valence-electron chi connectivity index (χ4n) is 2.35. The number of halogens is 3. The third-order valence-corrected chi connectivity index (χ3v) is 3.62. The van der Waals surface area contributed by atoms with Gasteiger partial charge < -0.3 is 21.2 Å². The molecule has 1 amide bonds. The molecule has 25 heavy (non-hydrogen) atoms. The Morgan fingerprint density at radius 1 is 1.24 bits per heavy atom. The molecule has 0 bridgehead atoms. The van der Waals surface area contributed by atoms with Crippen LogP contribution in [0.3, 0.4) is 0 Å². The molecule has 136 valence electrons. The molecule has 1 aromatic heterocycles. The highest BCUT2D eigenvalue weighted by atomic mass is 19.4. The number of amides is 1. The van der Waals surface area contributed by atoms with Crippen molar-refractivity contribution in [3.05, 3.63) is 40.2 Å². The SMILES string of the molecule is NCCCC[C@H](N)C(=O)Nc1ccc2c(C(F)(F)F)cc(=O)oc2c1. The minimum Gasteiger partial charge on any atom is -0.423 e. The molecule has 0 saturated heterocycles. The first-order chi connectivity index (χ1) is 11.7. The Morgan fingerprint density at radius 3 is 2.60 bits per heavy atom. The number of fused-ring (bicyclic) bond motifs is 1. The van der Waals surface area contributed by atoms with Crippen molar-refractivity contribution in [2.45, 2.75) is 31.5 Å². The van der Waals surface area contributed by atoms with Crippen LogP contribution in [0.15, 0.2) is 33.5 Å². The number of benzene rings is 1. The van der Waals surface area contributed by atoms with E-state index in [1.165, 1.54) is 6.07 Å². The number of nitrogens with one attached hydrogen (secondary N) is 1. The minimum absolute atomic E-state index is 0.189. The molecule has 0 aliphatic heterocycles. The molecule has 0 fully saturated rings. The van der Waals surface area contributed by atoms with Gasteiger partial charge in [-0.05, 0) is 31.5 Å². The quantitative estimate of drug-likeness (QED) is 0.542. The maximum atomic E-state index is 13.0. The van der Waals surface area contributed by atoms with Crippen molar-refractivity contribution in [3.63, 3.8) is 0 Å². The van der Waals surface area contributed by atoms with Gasteiger partial charge in [-0.3, -0.25) is 4.79 Å². The maximum absolute atomic E-state index is 13.0. The Hall–Kier alpha value is -2.39. The topological polar surface area (TPSA) is 111 Å². The third-order valence-electron chi connectivity index (χ3n) is 3.62. The predicted octanol–water partition coefficient (Wildman–Crippen LogP) is 2.21. The molecule has 0 radical (unpaired) electrons. The Kier molecular flexibility index (Phi) is 5.81. The number of hydrogen-bond acceptors (Lipinski definition) is 5. The molecule has 0 aliphatic rings. The normalized spacial score (nSPS) is 13.0. The van der Waals surface area contributed by atoms with Gasteiger partial charge in [0.25, 0.3) is 0 Å². The van der Waals surface area contributed by atoms with Crippen LogP contribution in [0, 0.1) is 0 Å². The molecular weight excluding hydrogens is 339 g/mol. The molecule has 1 atom stereocenters. The monoisotopic (exact) mass is 357 g/mol. The lowest BCUT2D eigenvalue weighted by Gasteiger charge is -2.13. The maximum Gasteiger partial charge on any atom is 0.417 e. The average Bonchev–Trinajstić information content (AvgIpc) is 2.52. The van der Waals surface area contributed by atoms with Gasteiger partial charge in [-0.25, -0.2) is 4.79 Å². The van der Waals surface area contributed by atoms with Crippen LogP contribution in [0.2, 0.25) is 0 Å². The number of unbranched alkanes of at least 4 members (excludes halogenated alkanes) is 1. The van der Waals surface area contributed by atoms with E-state index in [1.54, 1.807) is 0 Å². The summed E-state index contributed by atoms with van der Waals surface area (Å²) in [5.74, 6) is -0.481. The first-order valence-electron chi connectivity index (χ1n) is 7.64. The molecular formula is C16H18F3N3O3. The zero-order chi connectivity index (χ0) is 18.6. The molecule has 2 aromatic rings. The molecule has 0 saturated carbocycles. The smallest absolute Gasteiger partial charge is 0.417 e. The fourth-order valence-corrected chi connectivity index (χ4v) is 2.35. The number of carbonyl (C=O) groups excluding carboxylic acids is 1. The zero-order valence-electron chi connectivity index (χ0n) is 13.2. The number of anilines is 1. The molecule has 2 rings (SSSR count). The minimum atomic E-state index is -4.69. The second kappa shape index (κ2) is 7.66. The molecule has 0 spiro atoms. The van der Waals surface area contributed by atoms with Gasteiger partial charge in [0.15, 0.2) is 0 Å². The Balaban J connectivity index is 2.24. The van der Waals surface area contributed by atoms with Crippen LogP contribution in [0.4, 0.5) is 18.9 Å². The molecule has 9 heteroatoms. The first kappa shape index (κ1) is 18.9. The molecule has 6 nitrogen and oxygen atoms in total. The fraction of sp³-hybridized carbons (Fsp3) is 0.375. The molecule has 1 aromatic carbocycles. The van der Waals surface area contributed by atoms with E-state index < -0.39 is 29.3 Å². The van der Waals surface area contributed by atoms with Gasteiger partial charge >= 0.3 is 11.8 Å². The van der Waals surface area contributed by atoms with Crippen LogP contribution in [-0.2, 0) is 11.0 Å². The Labute approximate surface area is 141 Å². The van der Waals surface area contributed by atoms with Crippen molar-refractivity contribution in [3.8, 4) is 0 Å². The van der Waals surface area contributed by atoms with Crippen molar-refractivity contribution >= 4 is 22.6 Å². The highest BCUT2D eigenvalue weighted by molar-refractivity contribution is 5.96. The van der Waals surface area contributed by atoms with Gasteiger partial charge in [-0.1, -0.05) is 6.42 Å².